The number of nitrogens with two attached hydrogens (primary N) is 1. The van der Waals surface area contributed by atoms with Crippen molar-refractivity contribution in [2.45, 2.75) is 19.8 Å². The number of benzene rings is 1. The Labute approximate surface area is 146 Å². The first-order valence-corrected chi connectivity index (χ1v) is 7.47. The van der Waals surface area contributed by atoms with Crippen LogP contribution in [0.25, 0.3) is 5.69 Å². The Bertz CT molecular complexity index is 687. The summed E-state index contributed by atoms with van der Waals surface area (Å²) in [4.78, 5) is 23.6. The zero-order chi connectivity index (χ0) is 16.7. The van der Waals surface area contributed by atoms with Gasteiger partial charge in [-0.25, -0.2) is 9.48 Å². The Hall–Kier alpha value is -2.38. The summed E-state index contributed by atoms with van der Waals surface area (Å²) >= 11 is 0. The van der Waals surface area contributed by atoms with E-state index in [2.05, 4.69) is 10.4 Å². The Morgan fingerprint density at radius 1 is 1.29 bits per heavy atom. The maximum atomic E-state index is 11.9. The van der Waals surface area contributed by atoms with Crippen LogP contribution in [0.15, 0.2) is 36.5 Å². The van der Waals surface area contributed by atoms with Crippen LogP contribution in [0.3, 0.4) is 0 Å². The number of amides is 1. The molecule has 0 saturated heterocycles. The molecule has 0 spiro atoms. The van der Waals surface area contributed by atoms with Crippen molar-refractivity contribution in [2.24, 2.45) is 5.73 Å². The van der Waals surface area contributed by atoms with Gasteiger partial charge in [-0.1, -0.05) is 12.1 Å². The molecule has 7 nitrogen and oxygen atoms in total. The molecule has 0 fully saturated rings. The van der Waals surface area contributed by atoms with Crippen LogP contribution in [0.2, 0.25) is 0 Å². The molecule has 8 heteroatoms. The van der Waals surface area contributed by atoms with Crippen LogP contribution in [0.1, 0.15) is 30.3 Å². The highest BCUT2D eigenvalue weighted by atomic mass is 35.5. The molecule has 130 valence electrons. The fourth-order valence-electron chi connectivity index (χ4n) is 2.03. The van der Waals surface area contributed by atoms with Gasteiger partial charge in [0.1, 0.15) is 0 Å². The van der Waals surface area contributed by atoms with Gasteiger partial charge in [0.05, 0.1) is 18.0 Å². The Kier molecular flexibility index (Phi) is 7.94. The lowest BCUT2D eigenvalue weighted by molar-refractivity contribution is -0.116. The number of nitrogens with zero attached hydrogens (tertiary/aromatic N) is 2. The van der Waals surface area contributed by atoms with Crippen molar-refractivity contribution < 1.29 is 14.3 Å². The molecule has 0 aliphatic heterocycles. The number of halogens is 1. The lowest BCUT2D eigenvalue weighted by Crippen LogP contribution is -2.15. The standard InChI is InChI=1S/C16H20N4O3.ClH/c1-2-23-16(22)13-9-11-20(19-13)14-7-4-3-6-12(14)18-15(21)8-5-10-17;/h3-4,6-7,9,11H,2,5,8,10,17H2,1H3,(H,18,21);1H. The second kappa shape index (κ2) is 9.69. The highest BCUT2D eigenvalue weighted by Gasteiger charge is 2.13. The van der Waals surface area contributed by atoms with Gasteiger partial charge >= 0.3 is 5.97 Å². The first kappa shape index (κ1) is 19.7. The van der Waals surface area contributed by atoms with Crippen molar-refractivity contribution in [3.8, 4) is 5.69 Å². The molecule has 0 unspecified atom stereocenters. The number of para-hydroxylation sites is 2. The topological polar surface area (TPSA) is 99.2 Å². The SMILES string of the molecule is CCOC(=O)c1ccn(-c2ccccc2NC(=O)CCCN)n1.Cl. The number of carbonyl (C=O) groups is 2. The maximum absolute atomic E-state index is 11.9. The molecule has 0 aliphatic carbocycles. The van der Waals surface area contributed by atoms with Gasteiger partial charge in [-0.05, 0) is 38.1 Å². The summed E-state index contributed by atoms with van der Waals surface area (Å²) in [6.07, 6.45) is 2.64. The summed E-state index contributed by atoms with van der Waals surface area (Å²) in [7, 11) is 0. The van der Waals surface area contributed by atoms with Crippen molar-refractivity contribution >= 4 is 30.0 Å². The van der Waals surface area contributed by atoms with Gasteiger partial charge in [-0.15, -0.1) is 12.4 Å². The van der Waals surface area contributed by atoms with E-state index in [0.29, 0.717) is 37.4 Å². The number of rotatable bonds is 7. The molecule has 0 radical (unpaired) electrons. The summed E-state index contributed by atoms with van der Waals surface area (Å²) in [5.41, 5.74) is 6.92. The predicted molar refractivity (Wildman–Crippen MR) is 93.7 cm³/mol. The lowest BCUT2D eigenvalue weighted by Gasteiger charge is -2.10. The fraction of sp³-hybridized carbons (Fsp3) is 0.312. The van der Waals surface area contributed by atoms with Crippen LogP contribution < -0.4 is 11.1 Å². The molecule has 1 aromatic carbocycles. The van der Waals surface area contributed by atoms with Gasteiger partial charge in [0, 0.05) is 12.6 Å². The highest BCUT2D eigenvalue weighted by Crippen LogP contribution is 2.20. The van der Waals surface area contributed by atoms with Gasteiger partial charge in [-0.3, -0.25) is 4.79 Å². The number of hydrogen-bond acceptors (Lipinski definition) is 5. The zero-order valence-electron chi connectivity index (χ0n) is 13.4. The monoisotopic (exact) mass is 352 g/mol. The second-order valence-electron chi connectivity index (χ2n) is 4.82. The van der Waals surface area contributed by atoms with E-state index in [1.165, 1.54) is 4.68 Å². The van der Waals surface area contributed by atoms with Crippen molar-refractivity contribution in [3.05, 3.63) is 42.2 Å². The quantitative estimate of drug-likeness (QED) is 0.744. The molecule has 1 aromatic heterocycles. The summed E-state index contributed by atoms with van der Waals surface area (Å²) < 4.78 is 6.45. The summed E-state index contributed by atoms with van der Waals surface area (Å²) in [6.45, 7) is 2.50. The Morgan fingerprint density at radius 2 is 2.04 bits per heavy atom. The number of hydrogen-bond donors (Lipinski definition) is 2. The first-order chi connectivity index (χ1) is 11.2. The van der Waals surface area contributed by atoms with Crippen molar-refractivity contribution in [1.82, 2.24) is 9.78 Å². The molecule has 24 heavy (non-hydrogen) atoms. The average Bonchev–Trinajstić information content (AvgIpc) is 3.03. The van der Waals surface area contributed by atoms with E-state index >= 15 is 0 Å². The van der Waals surface area contributed by atoms with Gasteiger partial charge in [-0.2, -0.15) is 5.10 Å². The van der Waals surface area contributed by atoms with Crippen LogP contribution >= 0.6 is 12.4 Å². The number of ether oxygens (including phenoxy) is 1. The van der Waals surface area contributed by atoms with E-state index in [9.17, 15) is 9.59 Å². The second-order valence-corrected chi connectivity index (χ2v) is 4.82. The summed E-state index contributed by atoms with van der Waals surface area (Å²) in [6, 6.07) is 8.81. The predicted octanol–water partition coefficient (Wildman–Crippen LogP) is 2.15. The molecule has 0 atom stereocenters. The van der Waals surface area contributed by atoms with Crippen LogP contribution in [0, 0.1) is 0 Å². The van der Waals surface area contributed by atoms with E-state index in [0.717, 1.165) is 0 Å². The van der Waals surface area contributed by atoms with E-state index < -0.39 is 5.97 Å². The minimum Gasteiger partial charge on any atom is -0.461 e. The highest BCUT2D eigenvalue weighted by molar-refractivity contribution is 5.93. The molecular formula is C16H21ClN4O3. The molecule has 0 saturated carbocycles. The number of aromatic nitrogens is 2. The first-order valence-electron chi connectivity index (χ1n) is 7.47. The Morgan fingerprint density at radius 3 is 2.75 bits per heavy atom. The Balaban J connectivity index is 0.00000288. The van der Waals surface area contributed by atoms with E-state index in [4.69, 9.17) is 10.5 Å². The molecule has 0 aliphatic rings. The third kappa shape index (κ3) is 5.07. The molecular weight excluding hydrogens is 332 g/mol. The van der Waals surface area contributed by atoms with Crippen LogP contribution in [0.5, 0.6) is 0 Å². The average molecular weight is 353 g/mol. The van der Waals surface area contributed by atoms with E-state index in [1.807, 2.05) is 12.1 Å². The number of nitrogens with one attached hydrogen (secondary N) is 1. The largest absolute Gasteiger partial charge is 0.461 e. The zero-order valence-corrected chi connectivity index (χ0v) is 14.2. The third-order valence-corrected chi connectivity index (χ3v) is 3.11. The minimum absolute atomic E-state index is 0. The molecule has 3 N–H and O–H groups in total. The number of carbonyl (C=O) groups excluding carboxylic acids is 2. The maximum Gasteiger partial charge on any atom is 0.358 e. The fourth-order valence-corrected chi connectivity index (χ4v) is 2.03. The van der Waals surface area contributed by atoms with Crippen LogP contribution in [0.4, 0.5) is 5.69 Å². The summed E-state index contributed by atoms with van der Waals surface area (Å²) in [5.74, 6) is -0.587. The number of esters is 1. The van der Waals surface area contributed by atoms with Gasteiger partial charge < -0.3 is 15.8 Å². The van der Waals surface area contributed by atoms with Gasteiger partial charge in [0.25, 0.3) is 0 Å². The van der Waals surface area contributed by atoms with Crippen LogP contribution in [-0.2, 0) is 9.53 Å². The van der Waals surface area contributed by atoms with Crippen LogP contribution in [-0.4, -0.2) is 34.8 Å². The normalized spacial score (nSPS) is 9.92. The molecule has 2 rings (SSSR count). The molecule has 1 heterocycles. The molecule has 2 aromatic rings. The number of anilines is 1. The third-order valence-electron chi connectivity index (χ3n) is 3.11. The summed E-state index contributed by atoms with van der Waals surface area (Å²) in [5, 5.41) is 7.04. The van der Waals surface area contributed by atoms with E-state index in [1.54, 1.807) is 31.3 Å². The smallest absolute Gasteiger partial charge is 0.358 e. The van der Waals surface area contributed by atoms with E-state index in [-0.39, 0.29) is 24.0 Å². The lowest BCUT2D eigenvalue weighted by atomic mass is 10.2. The van der Waals surface area contributed by atoms with Crippen molar-refractivity contribution in [2.75, 3.05) is 18.5 Å². The van der Waals surface area contributed by atoms with Gasteiger partial charge in [0.15, 0.2) is 5.69 Å². The van der Waals surface area contributed by atoms with Crippen molar-refractivity contribution in [3.63, 3.8) is 0 Å². The molecule has 0 bridgehead atoms. The minimum atomic E-state index is -0.476. The molecule has 1 amide bonds. The van der Waals surface area contributed by atoms with Crippen molar-refractivity contribution in [1.29, 1.82) is 0 Å². The van der Waals surface area contributed by atoms with Gasteiger partial charge in [0.2, 0.25) is 5.91 Å².